The topological polar surface area (TPSA) is 157 Å². The highest BCUT2D eigenvalue weighted by Gasteiger charge is 2.62. The molecule has 14 heteroatoms. The predicted molar refractivity (Wildman–Crippen MR) is 194 cm³/mol. The second-order valence-corrected chi connectivity index (χ2v) is 17.7. The molecule has 4 aliphatic rings. The third-order valence-electron chi connectivity index (χ3n) is 10.7. The summed E-state index contributed by atoms with van der Waals surface area (Å²) in [4.78, 5) is 52.7. The first-order valence-electron chi connectivity index (χ1n) is 18.3. The molecule has 0 bridgehead atoms. The van der Waals surface area contributed by atoms with E-state index in [9.17, 15) is 22.8 Å². The van der Waals surface area contributed by atoms with E-state index < -0.39 is 44.8 Å². The lowest BCUT2D eigenvalue weighted by Gasteiger charge is -2.26. The van der Waals surface area contributed by atoms with E-state index in [-0.39, 0.29) is 24.8 Å². The SMILES string of the molecule is COc1cc(O[C@@H]2C[C@H]3C(=O)N[C@]4(C(=O)NS(=O)(=O)C5CC5)C[C@H]4CCCCCCCCC(=O)N3C2)c2ccc(-c3nc(C(C)C)cs3)nc2c1. The van der Waals surface area contributed by atoms with Gasteiger partial charge in [0.2, 0.25) is 21.8 Å². The molecule has 4 heterocycles. The first-order chi connectivity index (χ1) is 24.5. The second-order valence-electron chi connectivity index (χ2n) is 14.9. The van der Waals surface area contributed by atoms with E-state index >= 15 is 0 Å². The van der Waals surface area contributed by atoms with Crippen LogP contribution in [0.5, 0.6) is 11.5 Å². The Morgan fingerprint density at radius 3 is 2.55 bits per heavy atom. The number of benzene rings is 1. The fraction of sp³-hybridized carbons (Fsp3) is 0.595. The molecule has 3 amide bonds. The molecule has 2 saturated carbocycles. The molecule has 0 spiro atoms. The number of rotatable bonds is 8. The molecule has 2 aliphatic heterocycles. The maximum Gasteiger partial charge on any atom is 0.259 e. The van der Waals surface area contributed by atoms with Gasteiger partial charge in [-0.05, 0) is 56.1 Å². The average Bonchev–Trinajstić information content (AvgIpc) is 3.97. The van der Waals surface area contributed by atoms with Crippen LogP contribution < -0.4 is 19.5 Å². The van der Waals surface area contributed by atoms with E-state index in [1.165, 1.54) is 0 Å². The number of sulfonamides is 1. The van der Waals surface area contributed by atoms with Gasteiger partial charge in [-0.15, -0.1) is 11.3 Å². The predicted octanol–water partition coefficient (Wildman–Crippen LogP) is 5.46. The number of aromatic nitrogens is 2. The minimum absolute atomic E-state index is 0.135. The van der Waals surface area contributed by atoms with Crippen molar-refractivity contribution in [3.8, 4) is 22.2 Å². The molecule has 12 nitrogen and oxygen atoms in total. The van der Waals surface area contributed by atoms with Gasteiger partial charge in [-0.25, -0.2) is 18.4 Å². The van der Waals surface area contributed by atoms with E-state index in [0.29, 0.717) is 48.6 Å². The Balaban J connectivity index is 1.14. The summed E-state index contributed by atoms with van der Waals surface area (Å²) in [5, 5.41) is 6.04. The minimum Gasteiger partial charge on any atom is -0.497 e. The van der Waals surface area contributed by atoms with Crippen LogP contribution in [0.2, 0.25) is 0 Å². The van der Waals surface area contributed by atoms with Crippen molar-refractivity contribution in [1.29, 1.82) is 0 Å². The third kappa shape index (κ3) is 7.58. The molecule has 0 radical (unpaired) electrons. The minimum atomic E-state index is -3.80. The molecule has 0 unspecified atom stereocenters. The van der Waals surface area contributed by atoms with Gasteiger partial charge in [-0.3, -0.25) is 19.1 Å². The lowest BCUT2D eigenvalue weighted by atomic mass is 10.0. The van der Waals surface area contributed by atoms with Crippen molar-refractivity contribution in [2.24, 2.45) is 5.92 Å². The summed E-state index contributed by atoms with van der Waals surface area (Å²) in [6, 6.07) is 6.62. The largest absolute Gasteiger partial charge is 0.497 e. The Morgan fingerprint density at radius 1 is 1.06 bits per heavy atom. The quantitative estimate of drug-likeness (QED) is 0.307. The van der Waals surface area contributed by atoms with E-state index in [1.807, 2.05) is 18.2 Å². The molecule has 4 atom stereocenters. The summed E-state index contributed by atoms with van der Waals surface area (Å²) in [5.41, 5.74) is 1.11. The Hall–Kier alpha value is -3.78. The number of nitrogens with one attached hydrogen (secondary N) is 2. The Bertz CT molecular complexity index is 1930. The molecule has 3 aromatic rings. The summed E-state index contributed by atoms with van der Waals surface area (Å²) < 4.78 is 40.0. The van der Waals surface area contributed by atoms with Crippen molar-refractivity contribution in [2.45, 2.75) is 120 Å². The van der Waals surface area contributed by atoms with Crippen LogP contribution in [0.25, 0.3) is 21.6 Å². The Morgan fingerprint density at radius 2 is 1.82 bits per heavy atom. The second kappa shape index (κ2) is 14.3. The molecule has 2 saturated heterocycles. The van der Waals surface area contributed by atoms with E-state index in [2.05, 4.69) is 29.3 Å². The number of carbonyl (C=O) groups is 3. The van der Waals surface area contributed by atoms with Crippen molar-refractivity contribution >= 4 is 50.0 Å². The number of hydrogen-bond donors (Lipinski definition) is 2. The van der Waals surface area contributed by atoms with Gasteiger partial charge in [0.25, 0.3) is 5.91 Å². The Labute approximate surface area is 303 Å². The summed E-state index contributed by atoms with van der Waals surface area (Å²) in [7, 11) is -2.22. The van der Waals surface area contributed by atoms with Gasteiger partial charge in [0.15, 0.2) is 0 Å². The van der Waals surface area contributed by atoms with Crippen LogP contribution in [0.4, 0.5) is 0 Å². The number of amides is 3. The molecular formula is C37H47N5O7S2. The highest BCUT2D eigenvalue weighted by atomic mass is 32.2. The normalized spacial score (nSPS) is 26.1. The molecule has 1 aromatic carbocycles. The smallest absolute Gasteiger partial charge is 0.259 e. The van der Waals surface area contributed by atoms with Gasteiger partial charge >= 0.3 is 0 Å². The lowest BCUT2D eigenvalue weighted by molar-refractivity contribution is -0.139. The molecule has 4 fully saturated rings. The molecule has 7 rings (SSSR count). The van der Waals surface area contributed by atoms with Crippen LogP contribution in [-0.2, 0) is 24.4 Å². The standard InChI is InChI=1S/C37H47N5O7S2/c1-22(2)30-21-50-35(39-30)28-15-14-27-29(38-28)16-24(48-3)18-32(27)49-25-17-31-34(44)40-37(36(45)41-51(46,47)26-12-13-26)19-23(37)10-8-6-4-5-7-9-11-33(43)42(31)20-25/h14-16,18,21-23,25-26,31H,4-13,17,19-20H2,1-3H3,(H,40,44)(H,41,45)/t23-,25-,31+,37-/m1/s1. The summed E-state index contributed by atoms with van der Waals surface area (Å²) in [6.07, 6.45) is 7.71. The maximum atomic E-state index is 14.1. The highest BCUT2D eigenvalue weighted by molar-refractivity contribution is 7.91. The Kier molecular flexibility index (Phi) is 10.0. The van der Waals surface area contributed by atoms with E-state index in [0.717, 1.165) is 66.7 Å². The van der Waals surface area contributed by atoms with Crippen molar-refractivity contribution in [1.82, 2.24) is 24.9 Å². The third-order valence-corrected chi connectivity index (χ3v) is 13.4. The lowest BCUT2D eigenvalue weighted by Crippen LogP contribution is -2.56. The van der Waals surface area contributed by atoms with Gasteiger partial charge < -0.3 is 19.7 Å². The fourth-order valence-electron chi connectivity index (χ4n) is 7.44. The number of nitrogens with zero attached hydrogens (tertiary/aromatic N) is 3. The van der Waals surface area contributed by atoms with Gasteiger partial charge in [0.05, 0.1) is 35.8 Å². The monoisotopic (exact) mass is 737 g/mol. The van der Waals surface area contributed by atoms with Gasteiger partial charge in [0, 0.05) is 35.7 Å². The van der Waals surface area contributed by atoms with Gasteiger partial charge in [-0.1, -0.05) is 46.0 Å². The van der Waals surface area contributed by atoms with E-state index in [4.69, 9.17) is 19.4 Å². The number of carbonyl (C=O) groups excluding carboxylic acids is 3. The molecule has 51 heavy (non-hydrogen) atoms. The van der Waals surface area contributed by atoms with Crippen molar-refractivity contribution < 1.29 is 32.3 Å². The molecular weight excluding hydrogens is 691 g/mol. The first-order valence-corrected chi connectivity index (χ1v) is 20.7. The van der Waals surface area contributed by atoms with Crippen LogP contribution in [-0.4, -0.2) is 77.6 Å². The van der Waals surface area contributed by atoms with Crippen LogP contribution in [0, 0.1) is 5.92 Å². The van der Waals surface area contributed by atoms with E-state index in [1.54, 1.807) is 29.4 Å². The molecule has 2 aromatic heterocycles. The number of hydrogen-bond acceptors (Lipinski definition) is 10. The average molecular weight is 738 g/mol. The van der Waals surface area contributed by atoms with Crippen molar-refractivity contribution in [3.05, 3.63) is 35.3 Å². The first kappa shape index (κ1) is 35.6. The number of thiazole rings is 1. The van der Waals surface area contributed by atoms with Crippen LogP contribution in [0.15, 0.2) is 29.6 Å². The van der Waals surface area contributed by atoms with Crippen LogP contribution in [0.1, 0.15) is 103 Å². The van der Waals surface area contributed by atoms with Crippen molar-refractivity contribution in [2.75, 3.05) is 13.7 Å². The fourth-order valence-corrected chi connectivity index (χ4v) is 9.75. The zero-order chi connectivity index (χ0) is 35.9. The number of pyridine rings is 1. The van der Waals surface area contributed by atoms with Gasteiger partial charge in [0.1, 0.15) is 34.2 Å². The summed E-state index contributed by atoms with van der Waals surface area (Å²) >= 11 is 1.55. The zero-order valence-electron chi connectivity index (χ0n) is 29.5. The summed E-state index contributed by atoms with van der Waals surface area (Å²) in [5.74, 6) is -0.0497. The number of ether oxygens (including phenoxy) is 2. The maximum absolute atomic E-state index is 14.1. The molecule has 274 valence electrons. The molecule has 2 N–H and O–H groups in total. The van der Waals surface area contributed by atoms with Crippen molar-refractivity contribution in [3.63, 3.8) is 0 Å². The summed E-state index contributed by atoms with van der Waals surface area (Å²) in [6.45, 7) is 4.40. The molecule has 2 aliphatic carbocycles. The van der Waals surface area contributed by atoms with Crippen LogP contribution in [0.3, 0.4) is 0 Å². The number of fused-ring (bicyclic) bond motifs is 3. The van der Waals surface area contributed by atoms with Gasteiger partial charge in [-0.2, -0.15) is 0 Å². The van der Waals surface area contributed by atoms with Crippen LogP contribution >= 0.6 is 11.3 Å². The zero-order valence-corrected chi connectivity index (χ0v) is 31.1. The number of methoxy groups -OCH3 is 1. The highest BCUT2D eigenvalue weighted by Crippen LogP contribution is 2.48.